The lowest BCUT2D eigenvalue weighted by molar-refractivity contribution is -0.122. The predicted octanol–water partition coefficient (Wildman–Crippen LogP) is 3.73. The molecule has 1 amide bonds. The van der Waals surface area contributed by atoms with Gasteiger partial charge in [0.2, 0.25) is 5.91 Å². The van der Waals surface area contributed by atoms with E-state index < -0.39 is 0 Å². The maximum atomic E-state index is 13.1. The van der Waals surface area contributed by atoms with E-state index in [-0.39, 0.29) is 11.9 Å². The second kappa shape index (κ2) is 10.9. The van der Waals surface area contributed by atoms with Crippen LogP contribution in [0.5, 0.6) is 11.5 Å². The zero-order valence-electron chi connectivity index (χ0n) is 19.2. The molecule has 1 N–H and O–H groups in total. The number of nitrogens with zero attached hydrogens (tertiary/aromatic N) is 2. The largest absolute Gasteiger partial charge is 0.497 e. The minimum atomic E-state index is -0.250. The van der Waals surface area contributed by atoms with E-state index >= 15 is 0 Å². The van der Waals surface area contributed by atoms with Crippen LogP contribution in [0.3, 0.4) is 0 Å². The molecule has 0 unspecified atom stereocenters. The number of ether oxygens (including phenoxy) is 2. The quantitative estimate of drug-likeness (QED) is 0.573. The number of anilines is 1. The average molecular weight is 446 g/mol. The Morgan fingerprint density at radius 2 is 1.30 bits per heavy atom. The Kier molecular flexibility index (Phi) is 7.47. The van der Waals surface area contributed by atoms with Gasteiger partial charge in [-0.05, 0) is 47.5 Å². The number of hydrogen-bond acceptors (Lipinski definition) is 5. The lowest BCUT2D eigenvalue weighted by atomic mass is 9.98. The molecule has 0 spiro atoms. The molecule has 6 nitrogen and oxygen atoms in total. The normalized spacial score (nSPS) is 14.2. The Morgan fingerprint density at radius 1 is 0.788 bits per heavy atom. The molecule has 1 fully saturated rings. The first-order valence-corrected chi connectivity index (χ1v) is 11.3. The molecule has 0 radical (unpaired) electrons. The molecule has 3 aromatic rings. The van der Waals surface area contributed by atoms with Crippen molar-refractivity contribution >= 4 is 11.6 Å². The van der Waals surface area contributed by atoms with Crippen molar-refractivity contribution in [3.05, 3.63) is 90.0 Å². The highest BCUT2D eigenvalue weighted by Crippen LogP contribution is 2.26. The molecule has 1 aliphatic heterocycles. The molecule has 4 rings (SSSR count). The van der Waals surface area contributed by atoms with Crippen molar-refractivity contribution in [1.82, 2.24) is 10.2 Å². The molecule has 0 aromatic heterocycles. The first kappa shape index (κ1) is 22.7. The third kappa shape index (κ3) is 5.84. The molecule has 33 heavy (non-hydrogen) atoms. The van der Waals surface area contributed by atoms with Crippen LogP contribution < -0.4 is 19.7 Å². The molecular weight excluding hydrogens is 414 g/mol. The third-order valence-corrected chi connectivity index (χ3v) is 6.06. The topological polar surface area (TPSA) is 54.0 Å². The number of carbonyl (C=O) groups excluding carboxylic acids is 1. The van der Waals surface area contributed by atoms with Gasteiger partial charge in [-0.2, -0.15) is 0 Å². The van der Waals surface area contributed by atoms with Gasteiger partial charge in [0.1, 0.15) is 11.5 Å². The van der Waals surface area contributed by atoms with E-state index in [2.05, 4.69) is 39.4 Å². The fourth-order valence-corrected chi connectivity index (χ4v) is 4.16. The van der Waals surface area contributed by atoms with Gasteiger partial charge >= 0.3 is 0 Å². The minimum absolute atomic E-state index is 0.0137. The maximum Gasteiger partial charge on any atom is 0.234 e. The second-order valence-electron chi connectivity index (χ2n) is 8.15. The van der Waals surface area contributed by atoms with Crippen molar-refractivity contribution in [2.24, 2.45) is 0 Å². The van der Waals surface area contributed by atoms with Crippen LogP contribution in [-0.2, 0) is 4.79 Å². The zero-order chi connectivity index (χ0) is 23.0. The first-order valence-electron chi connectivity index (χ1n) is 11.3. The lowest BCUT2D eigenvalue weighted by Crippen LogP contribution is -2.49. The number of amides is 1. The molecule has 0 bridgehead atoms. The van der Waals surface area contributed by atoms with E-state index in [0.29, 0.717) is 6.54 Å². The van der Waals surface area contributed by atoms with Gasteiger partial charge in [0.05, 0.1) is 26.8 Å². The zero-order valence-corrected chi connectivity index (χ0v) is 19.2. The summed E-state index contributed by atoms with van der Waals surface area (Å²) in [6, 6.07) is 25.8. The monoisotopic (exact) mass is 445 g/mol. The molecule has 3 aromatic carbocycles. The first-order chi connectivity index (χ1) is 16.2. The van der Waals surface area contributed by atoms with Gasteiger partial charge in [0.15, 0.2) is 0 Å². The molecule has 1 saturated heterocycles. The molecule has 1 aliphatic rings. The highest BCUT2D eigenvalue weighted by atomic mass is 16.5. The summed E-state index contributed by atoms with van der Waals surface area (Å²) in [4.78, 5) is 17.6. The van der Waals surface area contributed by atoms with E-state index in [1.807, 2.05) is 54.6 Å². The maximum absolute atomic E-state index is 13.1. The molecular formula is C27H31N3O3. The summed E-state index contributed by atoms with van der Waals surface area (Å²) in [5, 5.41) is 3.24. The minimum Gasteiger partial charge on any atom is -0.497 e. The van der Waals surface area contributed by atoms with E-state index in [0.717, 1.165) is 48.8 Å². The summed E-state index contributed by atoms with van der Waals surface area (Å²) >= 11 is 0. The summed E-state index contributed by atoms with van der Waals surface area (Å²) in [7, 11) is 3.30. The number of piperazine rings is 1. The van der Waals surface area contributed by atoms with Crippen LogP contribution >= 0.6 is 0 Å². The van der Waals surface area contributed by atoms with Gasteiger partial charge in [0.25, 0.3) is 0 Å². The molecule has 0 atom stereocenters. The van der Waals surface area contributed by atoms with Gasteiger partial charge in [0, 0.05) is 31.9 Å². The van der Waals surface area contributed by atoms with Gasteiger partial charge in [-0.3, -0.25) is 9.69 Å². The predicted molar refractivity (Wildman–Crippen MR) is 131 cm³/mol. The number of rotatable bonds is 8. The number of carbonyl (C=O) groups is 1. The summed E-state index contributed by atoms with van der Waals surface area (Å²) in [6.07, 6.45) is 0. The lowest BCUT2D eigenvalue weighted by Gasteiger charge is -2.36. The molecule has 6 heteroatoms. The van der Waals surface area contributed by atoms with Crippen LogP contribution in [0, 0.1) is 0 Å². The van der Waals surface area contributed by atoms with Gasteiger partial charge in [-0.15, -0.1) is 0 Å². The van der Waals surface area contributed by atoms with Gasteiger partial charge in [-0.1, -0.05) is 42.5 Å². The number of methoxy groups -OCH3 is 2. The van der Waals surface area contributed by atoms with Crippen LogP contribution in [0.25, 0.3) is 0 Å². The van der Waals surface area contributed by atoms with E-state index in [1.54, 1.807) is 14.2 Å². The van der Waals surface area contributed by atoms with Crippen molar-refractivity contribution in [2.75, 3.05) is 51.8 Å². The van der Waals surface area contributed by atoms with Crippen LogP contribution in [0.2, 0.25) is 0 Å². The van der Waals surface area contributed by atoms with Crippen molar-refractivity contribution in [3.63, 3.8) is 0 Å². The van der Waals surface area contributed by atoms with E-state index in [4.69, 9.17) is 9.47 Å². The molecule has 0 saturated carbocycles. The number of nitrogens with one attached hydrogen (secondary N) is 1. The average Bonchev–Trinajstić information content (AvgIpc) is 2.88. The highest BCUT2D eigenvalue weighted by molar-refractivity contribution is 5.79. The Labute approximate surface area is 195 Å². The van der Waals surface area contributed by atoms with Crippen molar-refractivity contribution in [1.29, 1.82) is 0 Å². The van der Waals surface area contributed by atoms with Gasteiger partial charge in [-0.25, -0.2) is 0 Å². The van der Waals surface area contributed by atoms with E-state index in [1.165, 1.54) is 5.69 Å². The van der Waals surface area contributed by atoms with Crippen LogP contribution in [0.15, 0.2) is 78.9 Å². The Bertz CT molecular complexity index is 967. The van der Waals surface area contributed by atoms with Crippen molar-refractivity contribution in [2.45, 2.75) is 6.04 Å². The summed E-state index contributed by atoms with van der Waals surface area (Å²) in [5.41, 5.74) is 3.24. The number of hydrogen-bond donors (Lipinski definition) is 1. The molecule has 1 heterocycles. The number of benzene rings is 3. The highest BCUT2D eigenvalue weighted by Gasteiger charge is 2.22. The molecule has 0 aliphatic carbocycles. The van der Waals surface area contributed by atoms with Gasteiger partial charge < -0.3 is 19.7 Å². The van der Waals surface area contributed by atoms with Crippen LogP contribution in [0.4, 0.5) is 5.69 Å². The Balaban J connectivity index is 1.41. The summed E-state index contributed by atoms with van der Waals surface area (Å²) in [6.45, 7) is 3.93. The van der Waals surface area contributed by atoms with Crippen LogP contribution in [0.1, 0.15) is 17.2 Å². The van der Waals surface area contributed by atoms with Crippen molar-refractivity contribution in [3.8, 4) is 11.5 Å². The molecule has 172 valence electrons. The fraction of sp³-hybridized carbons (Fsp3) is 0.296. The van der Waals surface area contributed by atoms with E-state index in [9.17, 15) is 4.79 Å². The fourth-order valence-electron chi connectivity index (χ4n) is 4.16. The second-order valence-corrected chi connectivity index (χ2v) is 8.15. The SMILES string of the molecule is COc1ccc(C(NC(=O)CN2CCN(c3ccccc3)CC2)c2ccc(OC)cc2)cc1. The van der Waals surface area contributed by atoms with Crippen LogP contribution in [-0.4, -0.2) is 57.8 Å². The van der Waals surface area contributed by atoms with Crippen molar-refractivity contribution < 1.29 is 14.3 Å². The number of para-hydroxylation sites is 1. The third-order valence-electron chi connectivity index (χ3n) is 6.06. The summed E-state index contributed by atoms with van der Waals surface area (Å²) in [5.74, 6) is 1.59. The Morgan fingerprint density at radius 3 is 1.79 bits per heavy atom. The smallest absolute Gasteiger partial charge is 0.234 e. The Hall–Kier alpha value is -3.51. The summed E-state index contributed by atoms with van der Waals surface area (Å²) < 4.78 is 10.6. The standard InChI is InChI=1S/C27H31N3O3/c1-32-24-12-8-21(9-13-24)27(22-10-14-25(33-2)15-11-22)28-26(31)20-29-16-18-30(19-17-29)23-6-4-3-5-7-23/h3-15,27H,16-20H2,1-2H3,(H,28,31).